The topological polar surface area (TPSA) is 23.5 Å². The standard InChI is InChI=1S/C16H25NO/c1-5-14-8-7-12(3)17(14)13(4)15-10-11(2)6-9-16(15)18/h6,9-10,12-14,18H,5,7-8H2,1-4H3. The summed E-state index contributed by atoms with van der Waals surface area (Å²) in [4.78, 5) is 2.58. The average molecular weight is 247 g/mol. The molecule has 0 amide bonds. The van der Waals surface area contributed by atoms with Crippen LogP contribution in [0.3, 0.4) is 0 Å². The fraction of sp³-hybridized carbons (Fsp3) is 0.625. The van der Waals surface area contributed by atoms with Crippen LogP contribution in [0.4, 0.5) is 0 Å². The highest BCUT2D eigenvalue weighted by Crippen LogP contribution is 2.37. The Labute approximate surface area is 111 Å². The largest absolute Gasteiger partial charge is 0.508 e. The van der Waals surface area contributed by atoms with Crippen molar-refractivity contribution >= 4 is 0 Å². The fourth-order valence-electron chi connectivity index (χ4n) is 3.37. The summed E-state index contributed by atoms with van der Waals surface area (Å²) in [5.74, 6) is 0.432. The van der Waals surface area contributed by atoms with Crippen molar-refractivity contribution in [2.24, 2.45) is 0 Å². The third-order valence-corrected chi connectivity index (χ3v) is 4.40. The minimum absolute atomic E-state index is 0.298. The van der Waals surface area contributed by atoms with Gasteiger partial charge in [0, 0.05) is 23.7 Å². The third kappa shape index (κ3) is 2.39. The van der Waals surface area contributed by atoms with Crippen LogP contribution in [-0.2, 0) is 0 Å². The van der Waals surface area contributed by atoms with E-state index in [1.807, 2.05) is 12.1 Å². The SMILES string of the molecule is CCC1CCC(C)N1C(C)c1cc(C)ccc1O. The monoisotopic (exact) mass is 247 g/mol. The second-order valence-electron chi connectivity index (χ2n) is 5.67. The summed E-state index contributed by atoms with van der Waals surface area (Å²) in [6.07, 6.45) is 3.76. The lowest BCUT2D eigenvalue weighted by molar-refractivity contribution is 0.141. The lowest BCUT2D eigenvalue weighted by Crippen LogP contribution is -2.36. The van der Waals surface area contributed by atoms with Crippen LogP contribution in [0.2, 0.25) is 0 Å². The molecule has 2 rings (SSSR count). The summed E-state index contributed by atoms with van der Waals surface area (Å²) >= 11 is 0. The van der Waals surface area contributed by atoms with Gasteiger partial charge in [-0.2, -0.15) is 0 Å². The zero-order valence-electron chi connectivity index (χ0n) is 12.0. The van der Waals surface area contributed by atoms with Crippen molar-refractivity contribution in [3.05, 3.63) is 29.3 Å². The molecule has 1 fully saturated rings. The van der Waals surface area contributed by atoms with Gasteiger partial charge in [-0.1, -0.05) is 24.6 Å². The smallest absolute Gasteiger partial charge is 0.120 e. The molecule has 0 aromatic heterocycles. The van der Waals surface area contributed by atoms with Gasteiger partial charge in [-0.15, -0.1) is 0 Å². The lowest BCUT2D eigenvalue weighted by Gasteiger charge is -2.34. The molecule has 1 aliphatic heterocycles. The molecule has 1 aromatic carbocycles. The normalized spacial score (nSPS) is 26.4. The second-order valence-corrected chi connectivity index (χ2v) is 5.67. The number of phenolic OH excluding ortho intramolecular Hbond substituents is 1. The van der Waals surface area contributed by atoms with Crippen LogP contribution < -0.4 is 0 Å². The first-order valence-corrected chi connectivity index (χ1v) is 7.11. The van der Waals surface area contributed by atoms with E-state index in [0.29, 0.717) is 23.9 Å². The molecule has 2 heteroatoms. The van der Waals surface area contributed by atoms with E-state index < -0.39 is 0 Å². The molecular weight excluding hydrogens is 222 g/mol. The highest BCUT2D eigenvalue weighted by Gasteiger charge is 2.34. The van der Waals surface area contributed by atoms with Crippen molar-refractivity contribution < 1.29 is 5.11 Å². The number of hydrogen-bond acceptors (Lipinski definition) is 2. The molecule has 1 heterocycles. The van der Waals surface area contributed by atoms with Gasteiger partial charge in [0.2, 0.25) is 0 Å². The van der Waals surface area contributed by atoms with E-state index in [-0.39, 0.29) is 0 Å². The van der Waals surface area contributed by atoms with Crippen LogP contribution in [-0.4, -0.2) is 22.1 Å². The number of likely N-dealkylation sites (tertiary alicyclic amines) is 1. The Hall–Kier alpha value is -1.02. The van der Waals surface area contributed by atoms with Crippen LogP contribution in [0.1, 0.15) is 57.2 Å². The molecule has 0 bridgehead atoms. The van der Waals surface area contributed by atoms with Gasteiger partial charge in [-0.05, 0) is 46.1 Å². The molecule has 2 nitrogen and oxygen atoms in total. The van der Waals surface area contributed by atoms with Gasteiger partial charge in [-0.3, -0.25) is 4.90 Å². The number of rotatable bonds is 3. The molecule has 3 atom stereocenters. The number of benzene rings is 1. The van der Waals surface area contributed by atoms with Gasteiger partial charge < -0.3 is 5.11 Å². The summed E-state index contributed by atoms with van der Waals surface area (Å²) in [5.41, 5.74) is 2.29. The predicted molar refractivity (Wildman–Crippen MR) is 75.9 cm³/mol. The minimum atomic E-state index is 0.298. The molecule has 18 heavy (non-hydrogen) atoms. The zero-order valence-corrected chi connectivity index (χ0v) is 12.0. The highest BCUT2D eigenvalue weighted by atomic mass is 16.3. The van der Waals surface area contributed by atoms with Gasteiger partial charge >= 0.3 is 0 Å². The summed E-state index contributed by atoms with van der Waals surface area (Å²) in [6.45, 7) is 8.87. The van der Waals surface area contributed by atoms with Crippen LogP contribution in [0.15, 0.2) is 18.2 Å². The Kier molecular flexibility index (Phi) is 3.96. The van der Waals surface area contributed by atoms with Crippen molar-refractivity contribution in [2.45, 2.75) is 65.1 Å². The van der Waals surface area contributed by atoms with Gasteiger partial charge in [0.05, 0.1) is 0 Å². The third-order valence-electron chi connectivity index (χ3n) is 4.40. The number of aryl methyl sites for hydroxylation is 1. The van der Waals surface area contributed by atoms with E-state index in [1.165, 1.54) is 24.8 Å². The van der Waals surface area contributed by atoms with Crippen LogP contribution in [0.25, 0.3) is 0 Å². The zero-order chi connectivity index (χ0) is 13.3. The van der Waals surface area contributed by atoms with Crippen molar-refractivity contribution in [3.63, 3.8) is 0 Å². The molecule has 100 valence electrons. The fourth-order valence-corrected chi connectivity index (χ4v) is 3.37. The van der Waals surface area contributed by atoms with Crippen molar-refractivity contribution in [1.29, 1.82) is 0 Å². The summed E-state index contributed by atoms with van der Waals surface area (Å²) in [5, 5.41) is 10.1. The van der Waals surface area contributed by atoms with E-state index in [0.717, 1.165) is 5.56 Å². The minimum Gasteiger partial charge on any atom is -0.508 e. The maximum atomic E-state index is 10.1. The van der Waals surface area contributed by atoms with Crippen molar-refractivity contribution in [2.75, 3.05) is 0 Å². The maximum absolute atomic E-state index is 10.1. The van der Waals surface area contributed by atoms with Crippen molar-refractivity contribution in [3.8, 4) is 5.75 Å². The Bertz CT molecular complexity index is 416. The maximum Gasteiger partial charge on any atom is 0.120 e. The first-order chi connectivity index (χ1) is 8.54. The first-order valence-electron chi connectivity index (χ1n) is 7.11. The lowest BCUT2D eigenvalue weighted by atomic mass is 10.0. The molecule has 1 saturated heterocycles. The molecule has 0 radical (unpaired) electrons. The molecule has 1 aromatic rings. The molecule has 0 spiro atoms. The predicted octanol–water partition coefficient (Wildman–Crippen LogP) is 4.02. The summed E-state index contributed by atoms with van der Waals surface area (Å²) < 4.78 is 0. The first kappa shape index (κ1) is 13.4. The van der Waals surface area contributed by atoms with Crippen LogP contribution >= 0.6 is 0 Å². The van der Waals surface area contributed by atoms with E-state index in [4.69, 9.17) is 0 Å². The number of nitrogens with zero attached hydrogens (tertiary/aromatic N) is 1. The Balaban J connectivity index is 2.29. The van der Waals surface area contributed by atoms with E-state index in [2.05, 4.69) is 38.7 Å². The highest BCUT2D eigenvalue weighted by molar-refractivity contribution is 5.38. The average Bonchev–Trinajstić information content (AvgIpc) is 2.72. The van der Waals surface area contributed by atoms with Gasteiger partial charge in [-0.25, -0.2) is 0 Å². The number of aromatic hydroxyl groups is 1. The van der Waals surface area contributed by atoms with E-state index in [9.17, 15) is 5.11 Å². The van der Waals surface area contributed by atoms with Gasteiger partial charge in [0.15, 0.2) is 0 Å². The number of hydrogen-bond donors (Lipinski definition) is 1. The van der Waals surface area contributed by atoms with Crippen LogP contribution in [0.5, 0.6) is 5.75 Å². The van der Waals surface area contributed by atoms with E-state index >= 15 is 0 Å². The summed E-state index contributed by atoms with van der Waals surface area (Å²) in [6, 6.07) is 7.49. The Morgan fingerprint density at radius 1 is 1.39 bits per heavy atom. The molecule has 3 unspecified atom stereocenters. The molecular formula is C16H25NO. The van der Waals surface area contributed by atoms with Crippen LogP contribution in [0, 0.1) is 6.92 Å². The molecule has 1 N–H and O–H groups in total. The second kappa shape index (κ2) is 5.31. The number of phenols is 1. The molecule has 0 aliphatic carbocycles. The van der Waals surface area contributed by atoms with Crippen molar-refractivity contribution in [1.82, 2.24) is 4.90 Å². The summed E-state index contributed by atoms with van der Waals surface area (Å²) in [7, 11) is 0. The van der Waals surface area contributed by atoms with Gasteiger partial charge in [0.1, 0.15) is 5.75 Å². The quantitative estimate of drug-likeness (QED) is 0.872. The molecule has 1 aliphatic rings. The Morgan fingerprint density at radius 2 is 2.11 bits per heavy atom. The van der Waals surface area contributed by atoms with Gasteiger partial charge in [0.25, 0.3) is 0 Å². The van der Waals surface area contributed by atoms with E-state index in [1.54, 1.807) is 0 Å². The Morgan fingerprint density at radius 3 is 2.78 bits per heavy atom. The molecule has 0 saturated carbocycles.